The molecule has 2 heterocycles. The first-order valence-electron chi connectivity index (χ1n) is 8.83. The van der Waals surface area contributed by atoms with Crippen LogP contribution in [0.2, 0.25) is 0 Å². The molecule has 1 aliphatic rings. The van der Waals surface area contributed by atoms with Crippen LogP contribution in [0.3, 0.4) is 0 Å². The number of fused-ring (bicyclic) bond motifs is 3. The molecule has 26 heavy (non-hydrogen) atoms. The van der Waals surface area contributed by atoms with E-state index >= 15 is 0 Å². The Morgan fingerprint density at radius 1 is 1.27 bits per heavy atom. The Kier molecular flexibility index (Phi) is 5.02. The summed E-state index contributed by atoms with van der Waals surface area (Å²) >= 11 is 0. The van der Waals surface area contributed by atoms with Gasteiger partial charge in [-0.3, -0.25) is 4.79 Å². The minimum absolute atomic E-state index is 0.0867. The standard InChI is InChI=1S/C20H23NO5/c1-4-6-26-19-8-12-7-13(5-2)21-11-15(20(23)24)17(22)10-16(21)14(12)9-18(19)25-3/h8-11,13H,4-7H2,1-3H3,(H,23,24)/t13-/m1/s1. The number of pyridine rings is 1. The lowest BCUT2D eigenvalue weighted by Crippen LogP contribution is -2.25. The van der Waals surface area contributed by atoms with Gasteiger partial charge in [0.15, 0.2) is 16.9 Å². The zero-order valence-corrected chi connectivity index (χ0v) is 15.2. The Bertz CT molecular complexity index is 900. The highest BCUT2D eigenvalue weighted by molar-refractivity contribution is 5.87. The van der Waals surface area contributed by atoms with Crippen LogP contribution in [0.1, 0.15) is 48.7 Å². The quantitative estimate of drug-likeness (QED) is 0.856. The molecule has 138 valence electrons. The van der Waals surface area contributed by atoms with Crippen molar-refractivity contribution in [2.75, 3.05) is 13.7 Å². The summed E-state index contributed by atoms with van der Waals surface area (Å²) in [5, 5.41) is 9.27. The molecule has 0 bridgehead atoms. The van der Waals surface area contributed by atoms with Gasteiger partial charge in [-0.25, -0.2) is 4.79 Å². The van der Waals surface area contributed by atoms with Gasteiger partial charge in [-0.1, -0.05) is 13.8 Å². The van der Waals surface area contributed by atoms with Gasteiger partial charge in [0.25, 0.3) is 0 Å². The van der Waals surface area contributed by atoms with Crippen LogP contribution in [-0.2, 0) is 6.42 Å². The van der Waals surface area contributed by atoms with Gasteiger partial charge in [0, 0.05) is 23.9 Å². The number of aromatic nitrogens is 1. The van der Waals surface area contributed by atoms with E-state index < -0.39 is 11.4 Å². The summed E-state index contributed by atoms with van der Waals surface area (Å²) < 4.78 is 13.2. The third-order valence-electron chi connectivity index (χ3n) is 4.76. The van der Waals surface area contributed by atoms with Crippen LogP contribution in [0.5, 0.6) is 11.5 Å². The van der Waals surface area contributed by atoms with Crippen molar-refractivity contribution in [3.05, 3.63) is 45.7 Å². The highest BCUT2D eigenvalue weighted by atomic mass is 16.5. The number of nitrogens with zero attached hydrogens (tertiary/aromatic N) is 1. The molecule has 0 amide bonds. The van der Waals surface area contributed by atoms with Crippen LogP contribution in [0.15, 0.2) is 29.2 Å². The van der Waals surface area contributed by atoms with Crippen LogP contribution in [-0.4, -0.2) is 29.4 Å². The molecule has 1 aliphatic heterocycles. The molecule has 6 heteroatoms. The fourth-order valence-electron chi connectivity index (χ4n) is 3.42. The molecule has 1 atom stereocenters. The molecule has 2 aromatic rings. The third kappa shape index (κ3) is 3.07. The highest BCUT2D eigenvalue weighted by Gasteiger charge is 2.26. The minimum Gasteiger partial charge on any atom is -0.493 e. The number of rotatable bonds is 6. The molecule has 1 aromatic carbocycles. The number of carboxylic acid groups (broad SMARTS) is 1. The average molecular weight is 357 g/mol. The van der Waals surface area contributed by atoms with Crippen molar-refractivity contribution in [2.24, 2.45) is 0 Å². The molecule has 0 saturated carbocycles. The van der Waals surface area contributed by atoms with Crippen molar-refractivity contribution in [2.45, 2.75) is 39.2 Å². The molecular weight excluding hydrogens is 334 g/mol. The second kappa shape index (κ2) is 7.23. The van der Waals surface area contributed by atoms with Crippen LogP contribution >= 0.6 is 0 Å². The monoisotopic (exact) mass is 357 g/mol. The van der Waals surface area contributed by atoms with Gasteiger partial charge < -0.3 is 19.1 Å². The normalized spacial score (nSPS) is 15.1. The second-order valence-corrected chi connectivity index (χ2v) is 6.42. The Morgan fingerprint density at radius 2 is 2.04 bits per heavy atom. The number of methoxy groups -OCH3 is 1. The maximum absolute atomic E-state index is 12.3. The average Bonchev–Trinajstić information content (AvgIpc) is 2.64. The lowest BCUT2D eigenvalue weighted by atomic mass is 9.90. The first kappa shape index (κ1) is 18.0. The van der Waals surface area contributed by atoms with Crippen LogP contribution in [0, 0.1) is 0 Å². The topological polar surface area (TPSA) is 77.8 Å². The molecule has 0 unspecified atom stereocenters. The predicted molar refractivity (Wildman–Crippen MR) is 98.5 cm³/mol. The van der Waals surface area contributed by atoms with Gasteiger partial charge in [0.05, 0.1) is 19.4 Å². The fraction of sp³-hybridized carbons (Fsp3) is 0.400. The number of carbonyl (C=O) groups is 1. The van der Waals surface area contributed by atoms with Crippen molar-refractivity contribution >= 4 is 5.97 Å². The van der Waals surface area contributed by atoms with E-state index in [4.69, 9.17) is 9.47 Å². The summed E-state index contributed by atoms with van der Waals surface area (Å²) in [6.45, 7) is 4.70. The molecule has 1 aromatic heterocycles. The maximum Gasteiger partial charge on any atom is 0.341 e. The van der Waals surface area contributed by atoms with Gasteiger partial charge in [0.1, 0.15) is 5.56 Å². The zero-order valence-electron chi connectivity index (χ0n) is 15.2. The molecule has 0 fully saturated rings. The van der Waals surface area contributed by atoms with E-state index in [2.05, 4.69) is 6.92 Å². The smallest absolute Gasteiger partial charge is 0.341 e. The molecule has 3 rings (SSSR count). The van der Waals surface area contributed by atoms with Gasteiger partial charge in [-0.05, 0) is 37.0 Å². The SMILES string of the molecule is CCCOc1cc2c(cc1OC)-c1cc(=O)c(C(=O)O)cn1[C@H](CC)C2. The van der Waals surface area contributed by atoms with Gasteiger partial charge >= 0.3 is 5.97 Å². The van der Waals surface area contributed by atoms with Crippen LogP contribution < -0.4 is 14.9 Å². The summed E-state index contributed by atoms with van der Waals surface area (Å²) in [5.74, 6) is 0.0983. The molecule has 0 aliphatic carbocycles. The lowest BCUT2D eigenvalue weighted by Gasteiger charge is -2.31. The van der Waals surface area contributed by atoms with Crippen molar-refractivity contribution in [1.82, 2.24) is 4.57 Å². The van der Waals surface area contributed by atoms with Crippen molar-refractivity contribution in [3.63, 3.8) is 0 Å². The first-order valence-corrected chi connectivity index (χ1v) is 8.83. The first-order chi connectivity index (χ1) is 12.5. The van der Waals surface area contributed by atoms with Crippen molar-refractivity contribution < 1.29 is 19.4 Å². The van der Waals surface area contributed by atoms with Gasteiger partial charge in [-0.2, -0.15) is 0 Å². The molecule has 0 radical (unpaired) electrons. The summed E-state index contributed by atoms with van der Waals surface area (Å²) in [6, 6.07) is 5.35. The molecule has 6 nitrogen and oxygen atoms in total. The van der Waals surface area contributed by atoms with E-state index in [1.165, 1.54) is 12.3 Å². The van der Waals surface area contributed by atoms with E-state index in [1.54, 1.807) is 7.11 Å². The Labute approximate surface area is 152 Å². The van der Waals surface area contributed by atoms with Crippen LogP contribution in [0.25, 0.3) is 11.3 Å². The van der Waals surface area contributed by atoms with E-state index in [0.29, 0.717) is 23.8 Å². The third-order valence-corrected chi connectivity index (χ3v) is 4.76. The molecule has 1 N–H and O–H groups in total. The maximum atomic E-state index is 12.3. The summed E-state index contributed by atoms with van der Waals surface area (Å²) in [4.78, 5) is 23.6. The number of aromatic carboxylic acids is 1. The largest absolute Gasteiger partial charge is 0.493 e. The summed E-state index contributed by atoms with van der Waals surface area (Å²) in [7, 11) is 1.58. The van der Waals surface area contributed by atoms with Gasteiger partial charge in [0.2, 0.25) is 0 Å². The van der Waals surface area contributed by atoms with E-state index in [1.807, 2.05) is 23.6 Å². The number of ether oxygens (including phenoxy) is 2. The van der Waals surface area contributed by atoms with Crippen molar-refractivity contribution in [3.8, 4) is 22.8 Å². The zero-order chi connectivity index (χ0) is 18.8. The predicted octanol–water partition coefficient (Wildman–Crippen LogP) is 3.52. The van der Waals surface area contributed by atoms with Crippen molar-refractivity contribution in [1.29, 1.82) is 0 Å². The molecule has 0 saturated heterocycles. The Balaban J connectivity index is 2.20. The van der Waals surface area contributed by atoms with Crippen LogP contribution in [0.4, 0.5) is 0 Å². The minimum atomic E-state index is -1.20. The fourth-order valence-corrected chi connectivity index (χ4v) is 3.42. The second-order valence-electron chi connectivity index (χ2n) is 6.42. The summed E-state index contributed by atoms with van der Waals surface area (Å²) in [5.41, 5.74) is 1.98. The highest BCUT2D eigenvalue weighted by Crippen LogP contribution is 2.41. The Hall–Kier alpha value is -2.76. The lowest BCUT2D eigenvalue weighted by molar-refractivity contribution is 0.0694. The number of hydrogen-bond donors (Lipinski definition) is 1. The van der Waals surface area contributed by atoms with E-state index in [0.717, 1.165) is 30.4 Å². The van der Waals surface area contributed by atoms with E-state index in [9.17, 15) is 14.7 Å². The number of benzene rings is 1. The summed E-state index contributed by atoms with van der Waals surface area (Å²) in [6.07, 6.45) is 3.93. The molecule has 0 spiro atoms. The van der Waals surface area contributed by atoms with E-state index in [-0.39, 0.29) is 11.6 Å². The number of carboxylic acids is 1. The van der Waals surface area contributed by atoms with Gasteiger partial charge in [-0.15, -0.1) is 0 Å². The number of hydrogen-bond acceptors (Lipinski definition) is 4. The Morgan fingerprint density at radius 3 is 2.65 bits per heavy atom. The molecular formula is C20H23NO5.